The average Bonchev–Trinajstić information content (AvgIpc) is 3.14. The van der Waals surface area contributed by atoms with Gasteiger partial charge in [0.1, 0.15) is 11.6 Å². The van der Waals surface area contributed by atoms with Crippen LogP contribution in [0.5, 0.6) is 0 Å². The Morgan fingerprint density at radius 1 is 1.04 bits per heavy atom. The number of hydrogen-bond donors (Lipinski definition) is 1. The molecule has 0 fully saturated rings. The van der Waals surface area contributed by atoms with Gasteiger partial charge in [-0.15, -0.1) is 0 Å². The van der Waals surface area contributed by atoms with Crippen molar-refractivity contribution in [2.24, 2.45) is 0 Å². The van der Waals surface area contributed by atoms with Gasteiger partial charge in [-0.1, -0.05) is 42.5 Å². The van der Waals surface area contributed by atoms with E-state index >= 15 is 0 Å². The maximum atomic E-state index is 13.1. The third kappa shape index (κ3) is 4.23. The zero-order valence-electron chi connectivity index (χ0n) is 13.8. The Labute approximate surface area is 145 Å². The minimum Gasteiger partial charge on any atom is -0.465 e. The predicted molar refractivity (Wildman–Crippen MR) is 96.0 cm³/mol. The van der Waals surface area contributed by atoms with Crippen molar-refractivity contribution in [1.29, 1.82) is 0 Å². The first kappa shape index (κ1) is 16.7. The predicted octanol–water partition coefficient (Wildman–Crippen LogP) is 4.84. The van der Waals surface area contributed by atoms with E-state index in [2.05, 4.69) is 5.32 Å². The highest BCUT2D eigenvalue weighted by Gasteiger charge is 2.16. The summed E-state index contributed by atoms with van der Waals surface area (Å²) in [5.74, 6) is 0.0767. The second-order valence-electron chi connectivity index (χ2n) is 5.69. The second kappa shape index (κ2) is 7.62. The molecular formula is C21H18FNO2. The molecule has 0 saturated carbocycles. The second-order valence-corrected chi connectivity index (χ2v) is 5.69. The monoisotopic (exact) mass is 335 g/mol. The molecule has 0 radical (unpaired) electrons. The van der Waals surface area contributed by atoms with Gasteiger partial charge in [0, 0.05) is 0 Å². The van der Waals surface area contributed by atoms with E-state index in [9.17, 15) is 9.18 Å². The molecule has 126 valence electrons. The highest BCUT2D eigenvalue weighted by atomic mass is 19.1. The van der Waals surface area contributed by atoms with Crippen LogP contribution in [0.4, 0.5) is 4.39 Å². The van der Waals surface area contributed by atoms with Crippen molar-refractivity contribution in [3.8, 4) is 0 Å². The Balaban J connectivity index is 1.86. The first-order chi connectivity index (χ1) is 12.1. The minimum atomic E-state index is -0.301. The van der Waals surface area contributed by atoms with Crippen LogP contribution in [0, 0.1) is 5.82 Å². The third-order valence-corrected chi connectivity index (χ3v) is 3.88. The van der Waals surface area contributed by atoms with E-state index in [1.54, 1.807) is 36.6 Å². The standard InChI is InChI=1S/C21H18FNO2/c1-15(16-9-11-18(22)12-10-16)23-21(24)20(14-19-8-5-13-25-19)17-6-3-2-4-7-17/h2-15H,1H3,(H,23,24)/b20-14+/t15-/m1/s1. The summed E-state index contributed by atoms with van der Waals surface area (Å²) in [6, 6.07) is 18.8. The summed E-state index contributed by atoms with van der Waals surface area (Å²) >= 11 is 0. The van der Waals surface area contributed by atoms with Gasteiger partial charge in [-0.05, 0) is 48.4 Å². The molecule has 1 amide bonds. The smallest absolute Gasteiger partial charge is 0.252 e. The molecule has 0 aliphatic carbocycles. The van der Waals surface area contributed by atoms with Gasteiger partial charge in [-0.2, -0.15) is 0 Å². The van der Waals surface area contributed by atoms with Crippen LogP contribution in [0.2, 0.25) is 0 Å². The molecule has 2 aromatic carbocycles. The first-order valence-corrected chi connectivity index (χ1v) is 8.00. The van der Waals surface area contributed by atoms with Crippen molar-refractivity contribution in [3.05, 3.63) is 95.7 Å². The van der Waals surface area contributed by atoms with E-state index in [4.69, 9.17) is 4.42 Å². The molecule has 0 aliphatic heterocycles. The SMILES string of the molecule is C[C@@H](NC(=O)/C(=C/c1ccco1)c1ccccc1)c1ccc(F)cc1. The number of carbonyl (C=O) groups excluding carboxylic acids is 1. The number of benzene rings is 2. The molecular weight excluding hydrogens is 317 g/mol. The Hall–Kier alpha value is -3.14. The van der Waals surface area contributed by atoms with E-state index in [1.165, 1.54) is 12.1 Å². The minimum absolute atomic E-state index is 0.223. The van der Waals surface area contributed by atoms with E-state index in [1.807, 2.05) is 37.3 Å². The van der Waals surface area contributed by atoms with Crippen LogP contribution in [0.3, 0.4) is 0 Å². The van der Waals surface area contributed by atoms with Gasteiger partial charge in [0.05, 0.1) is 17.9 Å². The Morgan fingerprint density at radius 3 is 2.40 bits per heavy atom. The summed E-state index contributed by atoms with van der Waals surface area (Å²) in [6.07, 6.45) is 3.27. The van der Waals surface area contributed by atoms with Crippen molar-refractivity contribution in [1.82, 2.24) is 5.32 Å². The van der Waals surface area contributed by atoms with Crippen molar-refractivity contribution < 1.29 is 13.6 Å². The highest BCUT2D eigenvalue weighted by Crippen LogP contribution is 2.21. The normalized spacial score (nSPS) is 12.6. The number of halogens is 1. The van der Waals surface area contributed by atoms with Crippen molar-refractivity contribution >= 4 is 17.6 Å². The van der Waals surface area contributed by atoms with Crippen molar-refractivity contribution in [3.63, 3.8) is 0 Å². The lowest BCUT2D eigenvalue weighted by Gasteiger charge is -2.16. The van der Waals surface area contributed by atoms with E-state index < -0.39 is 0 Å². The number of carbonyl (C=O) groups is 1. The molecule has 0 bridgehead atoms. The zero-order valence-corrected chi connectivity index (χ0v) is 13.8. The Kier molecular flexibility index (Phi) is 5.09. The lowest BCUT2D eigenvalue weighted by Crippen LogP contribution is -2.27. The molecule has 0 aliphatic rings. The van der Waals surface area contributed by atoms with Gasteiger partial charge >= 0.3 is 0 Å². The van der Waals surface area contributed by atoms with Crippen LogP contribution in [-0.4, -0.2) is 5.91 Å². The topological polar surface area (TPSA) is 42.2 Å². The van der Waals surface area contributed by atoms with Gasteiger partial charge in [0.2, 0.25) is 0 Å². The maximum Gasteiger partial charge on any atom is 0.252 e. The van der Waals surface area contributed by atoms with Gasteiger partial charge in [0.15, 0.2) is 0 Å². The number of hydrogen-bond acceptors (Lipinski definition) is 2. The maximum absolute atomic E-state index is 13.1. The number of amides is 1. The van der Waals surface area contributed by atoms with Gasteiger partial charge < -0.3 is 9.73 Å². The molecule has 0 unspecified atom stereocenters. The third-order valence-electron chi connectivity index (χ3n) is 3.88. The molecule has 1 aromatic heterocycles. The van der Waals surface area contributed by atoms with Crippen LogP contribution in [0.1, 0.15) is 29.9 Å². The van der Waals surface area contributed by atoms with Crippen LogP contribution < -0.4 is 5.32 Å². The fraction of sp³-hybridized carbons (Fsp3) is 0.0952. The lowest BCUT2D eigenvalue weighted by molar-refractivity contribution is -0.116. The summed E-state index contributed by atoms with van der Waals surface area (Å²) in [4.78, 5) is 12.8. The highest BCUT2D eigenvalue weighted by molar-refractivity contribution is 6.24. The largest absolute Gasteiger partial charge is 0.465 e. The molecule has 0 spiro atoms. The molecule has 0 saturated heterocycles. The lowest BCUT2D eigenvalue weighted by atomic mass is 10.0. The van der Waals surface area contributed by atoms with E-state index in [-0.39, 0.29) is 17.8 Å². The molecule has 25 heavy (non-hydrogen) atoms. The molecule has 4 heteroatoms. The molecule has 1 atom stereocenters. The fourth-order valence-corrected chi connectivity index (χ4v) is 2.52. The summed E-state index contributed by atoms with van der Waals surface area (Å²) in [5.41, 5.74) is 2.13. The Morgan fingerprint density at radius 2 is 1.76 bits per heavy atom. The van der Waals surface area contributed by atoms with Crippen LogP contribution >= 0.6 is 0 Å². The number of nitrogens with one attached hydrogen (secondary N) is 1. The van der Waals surface area contributed by atoms with Crippen molar-refractivity contribution in [2.75, 3.05) is 0 Å². The molecule has 1 heterocycles. The van der Waals surface area contributed by atoms with E-state index in [0.29, 0.717) is 11.3 Å². The quantitative estimate of drug-likeness (QED) is 0.678. The van der Waals surface area contributed by atoms with Crippen LogP contribution in [-0.2, 0) is 4.79 Å². The average molecular weight is 335 g/mol. The van der Waals surface area contributed by atoms with E-state index in [0.717, 1.165) is 11.1 Å². The van der Waals surface area contributed by atoms with Crippen molar-refractivity contribution in [2.45, 2.75) is 13.0 Å². The van der Waals surface area contributed by atoms with Crippen LogP contribution in [0.15, 0.2) is 77.4 Å². The zero-order chi connectivity index (χ0) is 17.6. The summed E-state index contributed by atoms with van der Waals surface area (Å²) < 4.78 is 18.4. The van der Waals surface area contributed by atoms with Gasteiger partial charge in [-0.25, -0.2) is 4.39 Å². The molecule has 3 nitrogen and oxygen atoms in total. The summed E-state index contributed by atoms with van der Waals surface area (Å²) in [6.45, 7) is 1.86. The fourth-order valence-electron chi connectivity index (χ4n) is 2.52. The number of furan rings is 1. The van der Waals surface area contributed by atoms with Gasteiger partial charge in [0.25, 0.3) is 5.91 Å². The molecule has 1 N–H and O–H groups in total. The van der Waals surface area contributed by atoms with Gasteiger partial charge in [-0.3, -0.25) is 4.79 Å². The Bertz CT molecular complexity index is 853. The van der Waals surface area contributed by atoms with Crippen LogP contribution in [0.25, 0.3) is 11.6 Å². The number of rotatable bonds is 5. The molecule has 3 aromatic rings. The molecule has 3 rings (SSSR count). The summed E-state index contributed by atoms with van der Waals surface area (Å²) in [5, 5.41) is 2.96. The first-order valence-electron chi connectivity index (χ1n) is 8.00. The summed E-state index contributed by atoms with van der Waals surface area (Å²) in [7, 11) is 0.